The summed E-state index contributed by atoms with van der Waals surface area (Å²) in [5, 5.41) is 2.73. The van der Waals surface area contributed by atoms with Gasteiger partial charge in [0.2, 0.25) is 10.0 Å². The highest BCUT2D eigenvalue weighted by molar-refractivity contribution is 7.89. The Balaban J connectivity index is 2.12. The van der Waals surface area contributed by atoms with E-state index in [0.717, 1.165) is 25.7 Å². The van der Waals surface area contributed by atoms with Gasteiger partial charge >= 0.3 is 5.97 Å². The van der Waals surface area contributed by atoms with Crippen LogP contribution in [0.3, 0.4) is 0 Å². The molecule has 7 nitrogen and oxygen atoms in total. The minimum absolute atomic E-state index is 0.0203. The Morgan fingerprint density at radius 3 is 2.56 bits per heavy atom. The van der Waals surface area contributed by atoms with Crippen LogP contribution in [0.2, 0.25) is 5.02 Å². The van der Waals surface area contributed by atoms with Crippen LogP contribution in [0.1, 0.15) is 49.9 Å². The van der Waals surface area contributed by atoms with E-state index in [4.69, 9.17) is 16.3 Å². The zero-order valence-electron chi connectivity index (χ0n) is 15.5. The number of sulfonamides is 1. The van der Waals surface area contributed by atoms with Gasteiger partial charge in [-0.25, -0.2) is 13.2 Å². The summed E-state index contributed by atoms with van der Waals surface area (Å²) in [6.45, 7) is 4.21. The first-order chi connectivity index (χ1) is 12.8. The summed E-state index contributed by atoms with van der Waals surface area (Å²) in [4.78, 5) is 23.8. The third kappa shape index (κ3) is 5.67. The number of piperidine rings is 1. The average Bonchev–Trinajstić information content (AvgIpc) is 2.66. The number of nitrogens with one attached hydrogen (secondary N) is 1. The Labute approximate surface area is 165 Å². The van der Waals surface area contributed by atoms with E-state index < -0.39 is 28.5 Å². The molecule has 0 radical (unpaired) electrons. The predicted molar refractivity (Wildman–Crippen MR) is 102 cm³/mol. The average molecular weight is 417 g/mol. The number of esters is 1. The Morgan fingerprint density at radius 1 is 1.26 bits per heavy atom. The lowest BCUT2D eigenvalue weighted by Gasteiger charge is -2.26. The molecule has 9 heteroatoms. The molecule has 27 heavy (non-hydrogen) atoms. The molecule has 0 bridgehead atoms. The van der Waals surface area contributed by atoms with E-state index in [1.165, 1.54) is 22.5 Å². The molecule has 0 unspecified atom stereocenters. The molecular weight excluding hydrogens is 392 g/mol. The molecule has 0 aliphatic carbocycles. The zero-order valence-corrected chi connectivity index (χ0v) is 17.1. The van der Waals surface area contributed by atoms with E-state index in [1.807, 2.05) is 13.8 Å². The fraction of sp³-hybridized carbons (Fsp3) is 0.556. The highest BCUT2D eigenvalue weighted by Gasteiger charge is 2.29. The Hall–Kier alpha value is -1.64. The van der Waals surface area contributed by atoms with Crippen molar-refractivity contribution in [2.75, 3.05) is 19.7 Å². The maximum absolute atomic E-state index is 12.8. The second-order valence-corrected chi connectivity index (χ2v) is 8.88. The van der Waals surface area contributed by atoms with Gasteiger partial charge < -0.3 is 10.1 Å². The normalized spacial score (nSPS) is 16.6. The summed E-state index contributed by atoms with van der Waals surface area (Å²) in [6, 6.07) is 3.93. The van der Waals surface area contributed by atoms with Gasteiger partial charge in [-0.05, 0) is 44.4 Å². The number of benzene rings is 1. The minimum Gasteiger partial charge on any atom is -0.452 e. The number of hydrogen-bond acceptors (Lipinski definition) is 5. The van der Waals surface area contributed by atoms with Crippen molar-refractivity contribution in [2.45, 2.75) is 50.5 Å². The lowest BCUT2D eigenvalue weighted by atomic mass is 10.2. The van der Waals surface area contributed by atoms with Gasteiger partial charge in [-0.2, -0.15) is 4.31 Å². The SMILES string of the molecule is CC[C@H](C)NC(=O)COC(=O)c1ccc(Cl)c(S(=O)(=O)N2CCCCC2)c1. The zero-order chi connectivity index (χ0) is 20.0. The molecule has 1 aliphatic rings. The number of carbonyl (C=O) groups excluding carboxylic acids is 2. The number of hydrogen-bond donors (Lipinski definition) is 1. The van der Waals surface area contributed by atoms with Crippen molar-refractivity contribution in [1.29, 1.82) is 0 Å². The van der Waals surface area contributed by atoms with Crippen molar-refractivity contribution in [2.24, 2.45) is 0 Å². The van der Waals surface area contributed by atoms with Gasteiger partial charge in [0.25, 0.3) is 5.91 Å². The van der Waals surface area contributed by atoms with Crippen molar-refractivity contribution < 1.29 is 22.7 Å². The smallest absolute Gasteiger partial charge is 0.338 e. The van der Waals surface area contributed by atoms with Crippen molar-refractivity contribution in [3.05, 3.63) is 28.8 Å². The molecule has 150 valence electrons. The molecule has 0 spiro atoms. The molecule has 1 atom stereocenters. The van der Waals surface area contributed by atoms with Crippen molar-refractivity contribution >= 4 is 33.5 Å². The maximum Gasteiger partial charge on any atom is 0.338 e. The molecule has 1 aliphatic heterocycles. The van der Waals surface area contributed by atoms with Crippen LogP contribution in [0, 0.1) is 0 Å². The van der Waals surface area contributed by atoms with Gasteiger partial charge in [0, 0.05) is 19.1 Å². The van der Waals surface area contributed by atoms with Gasteiger partial charge in [-0.15, -0.1) is 0 Å². The van der Waals surface area contributed by atoms with Crippen LogP contribution in [0.5, 0.6) is 0 Å². The number of nitrogens with zero attached hydrogens (tertiary/aromatic N) is 1. The van der Waals surface area contributed by atoms with Crippen LogP contribution in [0.4, 0.5) is 0 Å². The highest BCUT2D eigenvalue weighted by atomic mass is 35.5. The van der Waals surface area contributed by atoms with Crippen LogP contribution < -0.4 is 5.32 Å². The summed E-state index contributed by atoms with van der Waals surface area (Å²) in [5.74, 6) is -1.19. The lowest BCUT2D eigenvalue weighted by molar-refractivity contribution is -0.124. The third-order valence-corrected chi connectivity index (χ3v) is 6.83. The summed E-state index contributed by atoms with van der Waals surface area (Å²) in [6.07, 6.45) is 3.34. The molecule has 1 aromatic carbocycles. The number of amides is 1. The van der Waals surface area contributed by atoms with Crippen molar-refractivity contribution in [3.8, 4) is 0 Å². The summed E-state index contributed by atoms with van der Waals surface area (Å²) in [7, 11) is -3.78. The predicted octanol–water partition coefficient (Wildman–Crippen LogP) is 2.59. The molecule has 1 N–H and O–H groups in total. The first kappa shape index (κ1) is 21.7. The third-order valence-electron chi connectivity index (χ3n) is 4.45. The number of rotatable bonds is 7. The summed E-state index contributed by atoms with van der Waals surface area (Å²) >= 11 is 6.08. The van der Waals surface area contributed by atoms with E-state index in [-0.39, 0.29) is 21.5 Å². The van der Waals surface area contributed by atoms with Crippen LogP contribution in [0.25, 0.3) is 0 Å². The van der Waals surface area contributed by atoms with E-state index in [2.05, 4.69) is 5.32 Å². The Morgan fingerprint density at radius 2 is 1.93 bits per heavy atom. The van der Waals surface area contributed by atoms with Crippen molar-refractivity contribution in [3.63, 3.8) is 0 Å². The van der Waals surface area contributed by atoms with Gasteiger partial charge in [0.15, 0.2) is 6.61 Å². The topological polar surface area (TPSA) is 92.8 Å². The summed E-state index contributed by atoms with van der Waals surface area (Å²) < 4.78 is 32.0. The van der Waals surface area contributed by atoms with Crippen LogP contribution >= 0.6 is 11.6 Å². The Bertz CT molecular complexity index is 791. The maximum atomic E-state index is 12.8. The number of halogens is 1. The highest BCUT2D eigenvalue weighted by Crippen LogP contribution is 2.28. The summed E-state index contributed by atoms with van der Waals surface area (Å²) in [5.41, 5.74) is 0.0336. The van der Waals surface area contributed by atoms with Gasteiger partial charge in [-0.3, -0.25) is 4.79 Å². The van der Waals surface area contributed by atoms with Crippen LogP contribution in [0.15, 0.2) is 23.1 Å². The van der Waals surface area contributed by atoms with Crippen LogP contribution in [-0.2, 0) is 19.6 Å². The molecule has 0 aromatic heterocycles. The second kappa shape index (κ2) is 9.52. The minimum atomic E-state index is -3.78. The van der Waals surface area contributed by atoms with Gasteiger partial charge in [0.05, 0.1) is 10.6 Å². The molecular formula is C18H25ClN2O5S. The monoisotopic (exact) mass is 416 g/mol. The number of ether oxygens (including phenoxy) is 1. The van der Waals surface area contributed by atoms with Gasteiger partial charge in [0.1, 0.15) is 4.90 Å². The van der Waals surface area contributed by atoms with E-state index in [0.29, 0.717) is 13.1 Å². The lowest BCUT2D eigenvalue weighted by Crippen LogP contribution is -2.36. The second-order valence-electron chi connectivity index (χ2n) is 6.56. The van der Waals surface area contributed by atoms with E-state index in [1.54, 1.807) is 0 Å². The molecule has 1 aromatic rings. The molecule has 2 rings (SSSR count). The van der Waals surface area contributed by atoms with Crippen molar-refractivity contribution in [1.82, 2.24) is 9.62 Å². The first-order valence-electron chi connectivity index (χ1n) is 9.02. The first-order valence-corrected chi connectivity index (χ1v) is 10.8. The van der Waals surface area contributed by atoms with E-state index in [9.17, 15) is 18.0 Å². The van der Waals surface area contributed by atoms with E-state index >= 15 is 0 Å². The molecule has 1 heterocycles. The molecule has 1 amide bonds. The molecule has 1 fully saturated rings. The molecule has 1 saturated heterocycles. The standard InChI is InChI=1S/C18H25ClN2O5S/c1-3-13(2)20-17(22)12-26-18(23)14-7-8-15(19)16(11-14)27(24,25)21-9-5-4-6-10-21/h7-8,11,13H,3-6,9-10,12H2,1-2H3,(H,20,22)/t13-/m0/s1. The fourth-order valence-electron chi connectivity index (χ4n) is 2.71. The largest absolute Gasteiger partial charge is 0.452 e. The fourth-order valence-corrected chi connectivity index (χ4v) is 4.72. The van der Waals surface area contributed by atoms with Gasteiger partial charge in [-0.1, -0.05) is 24.9 Å². The van der Waals surface area contributed by atoms with Crippen LogP contribution in [-0.4, -0.2) is 50.3 Å². The Kier molecular flexibility index (Phi) is 7.64. The molecule has 0 saturated carbocycles. The number of carbonyl (C=O) groups is 2. The quantitative estimate of drug-likeness (QED) is 0.689.